The van der Waals surface area contributed by atoms with E-state index in [-0.39, 0.29) is 6.35 Å². The molecule has 0 aromatic carbocycles. The molecule has 1 unspecified atom stereocenters. The van der Waals surface area contributed by atoms with Gasteiger partial charge in [-0.25, -0.2) is 0 Å². The van der Waals surface area contributed by atoms with Crippen molar-refractivity contribution in [3.05, 3.63) is 0 Å². The van der Waals surface area contributed by atoms with E-state index in [1.165, 1.54) is 0 Å². The van der Waals surface area contributed by atoms with Crippen molar-refractivity contribution in [3.8, 4) is 0 Å². The van der Waals surface area contributed by atoms with Crippen LogP contribution in [-0.2, 0) is 9.09 Å². The topological polar surface area (TPSA) is 46.5 Å². The van der Waals surface area contributed by atoms with Gasteiger partial charge in [-0.05, 0) is 13.3 Å². The van der Waals surface area contributed by atoms with Gasteiger partial charge in [0.25, 0.3) is 0 Å². The average Bonchev–Trinajstić information content (AvgIpc) is 2.13. The molecule has 0 rings (SSSR count). The summed E-state index contributed by atoms with van der Waals surface area (Å²) in [7, 11) is -2.68. The van der Waals surface area contributed by atoms with Crippen LogP contribution >= 0.6 is 7.37 Å². The summed E-state index contributed by atoms with van der Waals surface area (Å²) in [5, 5.41) is 8.88. The van der Waals surface area contributed by atoms with Gasteiger partial charge in [-0.3, -0.25) is 4.57 Å². The Bertz CT molecular complexity index is 159. The lowest BCUT2D eigenvalue weighted by atomic mass is 10.2. The van der Waals surface area contributed by atoms with Crippen molar-refractivity contribution in [2.24, 2.45) is 0 Å². The zero-order valence-electron chi connectivity index (χ0n) is 8.66. The molecular weight excluding hydrogens is 187 g/mol. The zero-order valence-corrected chi connectivity index (χ0v) is 9.56. The highest BCUT2D eigenvalue weighted by atomic mass is 31.2. The number of hydrogen-bond acceptors (Lipinski definition) is 3. The van der Waals surface area contributed by atoms with Crippen LogP contribution in [0.1, 0.15) is 39.5 Å². The third-order valence-corrected chi connectivity index (χ3v) is 4.09. The number of rotatable bonds is 8. The third kappa shape index (κ3) is 6.25. The van der Waals surface area contributed by atoms with Gasteiger partial charge in [-0.15, -0.1) is 0 Å². The van der Waals surface area contributed by atoms with Gasteiger partial charge >= 0.3 is 0 Å². The minimum Gasteiger partial charge on any atom is -0.386 e. The average molecular weight is 208 g/mol. The van der Waals surface area contributed by atoms with Crippen LogP contribution in [0.5, 0.6) is 0 Å². The molecule has 4 heteroatoms. The molecule has 1 atom stereocenters. The van der Waals surface area contributed by atoms with Gasteiger partial charge in [-0.2, -0.15) is 0 Å². The Kier molecular flexibility index (Phi) is 7.63. The van der Waals surface area contributed by atoms with Crippen LogP contribution in [0.15, 0.2) is 0 Å². The molecule has 0 saturated carbocycles. The van der Waals surface area contributed by atoms with Gasteiger partial charge in [0.05, 0.1) is 6.61 Å². The second-order valence-electron chi connectivity index (χ2n) is 3.16. The van der Waals surface area contributed by atoms with Crippen LogP contribution in [0, 0.1) is 0 Å². The lowest BCUT2D eigenvalue weighted by molar-refractivity contribution is 0.283. The Labute approximate surface area is 80.9 Å². The van der Waals surface area contributed by atoms with Gasteiger partial charge in [0.15, 0.2) is 0 Å². The molecule has 0 aromatic heterocycles. The van der Waals surface area contributed by atoms with Crippen LogP contribution in [0.2, 0.25) is 0 Å². The molecule has 13 heavy (non-hydrogen) atoms. The Hall–Kier alpha value is 0.150. The van der Waals surface area contributed by atoms with Crippen LogP contribution < -0.4 is 0 Å². The van der Waals surface area contributed by atoms with E-state index in [9.17, 15) is 4.57 Å². The summed E-state index contributed by atoms with van der Waals surface area (Å²) in [6.45, 7) is 4.36. The van der Waals surface area contributed by atoms with Crippen LogP contribution in [0.25, 0.3) is 0 Å². The van der Waals surface area contributed by atoms with Gasteiger partial charge in [0.2, 0.25) is 7.37 Å². The fraction of sp³-hybridized carbons (Fsp3) is 1.00. The van der Waals surface area contributed by atoms with Crippen molar-refractivity contribution in [1.82, 2.24) is 0 Å². The van der Waals surface area contributed by atoms with E-state index in [0.717, 1.165) is 25.7 Å². The molecule has 0 amide bonds. The molecule has 0 saturated heterocycles. The first kappa shape index (κ1) is 13.2. The molecule has 0 radical (unpaired) electrons. The minimum atomic E-state index is -2.68. The summed E-state index contributed by atoms with van der Waals surface area (Å²) < 4.78 is 16.7. The first-order chi connectivity index (χ1) is 6.18. The maximum Gasteiger partial charge on any atom is 0.227 e. The molecule has 0 spiro atoms. The van der Waals surface area contributed by atoms with Crippen molar-refractivity contribution in [1.29, 1.82) is 0 Å². The van der Waals surface area contributed by atoms with Gasteiger partial charge in [0, 0.05) is 6.16 Å². The number of unbranched alkanes of at least 4 members (excludes halogenated alkanes) is 3. The smallest absolute Gasteiger partial charge is 0.227 e. The maximum atomic E-state index is 11.7. The highest BCUT2D eigenvalue weighted by Crippen LogP contribution is 2.46. The standard InChI is InChI=1S/C9H21O3P/c1-3-5-6-7-8-13(11,9-10)12-4-2/h10H,3-9H2,1-2H3. The van der Waals surface area contributed by atoms with Gasteiger partial charge in [-0.1, -0.05) is 26.2 Å². The molecule has 0 aliphatic carbocycles. The summed E-state index contributed by atoms with van der Waals surface area (Å²) >= 11 is 0. The van der Waals surface area contributed by atoms with Crippen molar-refractivity contribution in [2.75, 3.05) is 19.1 Å². The zero-order chi connectivity index (χ0) is 10.2. The monoisotopic (exact) mass is 208 g/mol. The minimum absolute atomic E-state index is 0.313. The molecule has 1 N–H and O–H groups in total. The third-order valence-electron chi connectivity index (χ3n) is 1.93. The van der Waals surface area contributed by atoms with E-state index in [0.29, 0.717) is 12.8 Å². The largest absolute Gasteiger partial charge is 0.386 e. The number of aliphatic hydroxyl groups excluding tert-OH is 1. The molecule has 0 aliphatic heterocycles. The molecule has 0 bridgehead atoms. The fourth-order valence-electron chi connectivity index (χ4n) is 1.19. The predicted octanol–water partition coefficient (Wildman–Crippen LogP) is 2.83. The van der Waals surface area contributed by atoms with E-state index >= 15 is 0 Å². The molecule has 3 nitrogen and oxygen atoms in total. The lowest BCUT2D eigenvalue weighted by Gasteiger charge is -2.14. The molecule has 0 heterocycles. The van der Waals surface area contributed by atoms with Crippen molar-refractivity contribution < 1.29 is 14.2 Å². The van der Waals surface area contributed by atoms with Crippen LogP contribution in [-0.4, -0.2) is 24.2 Å². The Morgan fingerprint density at radius 1 is 1.23 bits per heavy atom. The van der Waals surface area contributed by atoms with Crippen LogP contribution in [0.4, 0.5) is 0 Å². The quantitative estimate of drug-likeness (QED) is 0.493. The maximum absolute atomic E-state index is 11.7. The predicted molar refractivity (Wildman–Crippen MR) is 55.3 cm³/mol. The molecule has 0 aliphatic rings. The fourth-order valence-corrected chi connectivity index (χ4v) is 2.72. The van der Waals surface area contributed by atoms with Crippen LogP contribution in [0.3, 0.4) is 0 Å². The Balaban J connectivity index is 3.64. The number of hydrogen-bond donors (Lipinski definition) is 1. The first-order valence-electron chi connectivity index (χ1n) is 5.02. The number of aliphatic hydroxyl groups is 1. The first-order valence-corrected chi connectivity index (χ1v) is 7.01. The molecular formula is C9H21O3P. The van der Waals surface area contributed by atoms with Crippen molar-refractivity contribution in [3.63, 3.8) is 0 Å². The van der Waals surface area contributed by atoms with E-state index in [1.54, 1.807) is 6.92 Å². The second-order valence-corrected chi connectivity index (χ2v) is 5.78. The van der Waals surface area contributed by atoms with Crippen molar-refractivity contribution in [2.45, 2.75) is 39.5 Å². The molecule has 0 fully saturated rings. The van der Waals surface area contributed by atoms with E-state index in [4.69, 9.17) is 9.63 Å². The second kappa shape index (κ2) is 7.54. The summed E-state index contributed by atoms with van der Waals surface area (Å²) in [6.07, 6.45) is 4.51. The Morgan fingerprint density at radius 2 is 1.92 bits per heavy atom. The summed E-state index contributed by atoms with van der Waals surface area (Å²) in [5.74, 6) is 0. The summed E-state index contributed by atoms with van der Waals surface area (Å²) in [6, 6.07) is 0. The Morgan fingerprint density at radius 3 is 2.38 bits per heavy atom. The highest BCUT2D eigenvalue weighted by molar-refractivity contribution is 7.58. The molecule has 80 valence electrons. The summed E-state index contributed by atoms with van der Waals surface area (Å²) in [5.41, 5.74) is 0. The summed E-state index contributed by atoms with van der Waals surface area (Å²) in [4.78, 5) is 0. The SMILES string of the molecule is CCCCCCP(=O)(CO)OCC. The normalized spacial score (nSPS) is 15.6. The van der Waals surface area contributed by atoms with Crippen molar-refractivity contribution >= 4 is 7.37 Å². The molecule has 0 aromatic rings. The van der Waals surface area contributed by atoms with Gasteiger partial charge in [0.1, 0.15) is 6.35 Å². The van der Waals surface area contributed by atoms with E-state index in [2.05, 4.69) is 6.92 Å². The van der Waals surface area contributed by atoms with E-state index in [1.807, 2.05) is 0 Å². The lowest BCUT2D eigenvalue weighted by Crippen LogP contribution is -1.99. The highest BCUT2D eigenvalue weighted by Gasteiger charge is 2.19. The van der Waals surface area contributed by atoms with Gasteiger partial charge < -0.3 is 9.63 Å². The van der Waals surface area contributed by atoms with E-state index < -0.39 is 7.37 Å².